The molecule has 144 valence electrons. The predicted octanol–water partition coefficient (Wildman–Crippen LogP) is 6.01. The largest absolute Gasteiger partial charge is 0.490 e. The third kappa shape index (κ3) is 5.82. The van der Waals surface area contributed by atoms with E-state index in [2.05, 4.69) is 26.5 Å². The maximum Gasteiger partial charge on any atom is 0.161 e. The van der Waals surface area contributed by atoms with Crippen molar-refractivity contribution in [3.05, 3.63) is 88.1 Å². The Labute approximate surface area is 172 Å². The van der Waals surface area contributed by atoms with Crippen LogP contribution in [0.1, 0.15) is 18.1 Å². The minimum absolute atomic E-state index is 0.283. The zero-order valence-electron chi connectivity index (χ0n) is 15.4. The highest BCUT2D eigenvalue weighted by molar-refractivity contribution is 9.10. The summed E-state index contributed by atoms with van der Waals surface area (Å²) in [5.41, 5.74) is 5.50. The molecule has 0 aliphatic heterocycles. The van der Waals surface area contributed by atoms with Gasteiger partial charge in [0.05, 0.1) is 18.5 Å². The topological polar surface area (TPSA) is 42.8 Å². The van der Waals surface area contributed by atoms with Gasteiger partial charge in [-0.3, -0.25) is 5.43 Å². The number of rotatable bonds is 8. The van der Waals surface area contributed by atoms with Crippen molar-refractivity contribution in [3.8, 4) is 11.5 Å². The number of anilines is 1. The van der Waals surface area contributed by atoms with Gasteiger partial charge in [0.15, 0.2) is 11.5 Å². The highest BCUT2D eigenvalue weighted by atomic mass is 79.9. The fourth-order valence-electron chi connectivity index (χ4n) is 2.44. The summed E-state index contributed by atoms with van der Waals surface area (Å²) in [5, 5.41) is 4.18. The van der Waals surface area contributed by atoms with Crippen molar-refractivity contribution in [2.75, 3.05) is 12.0 Å². The number of nitrogens with zero attached hydrogens (tertiary/aromatic N) is 1. The molecule has 0 unspecified atom stereocenters. The SMILES string of the molecule is CCOc1cc(/C=N/Nc2ccc(F)cc2)ccc1OCc1ccc(Br)cc1. The number of hydrogen-bond acceptors (Lipinski definition) is 4. The van der Waals surface area contributed by atoms with Crippen LogP contribution in [0, 0.1) is 5.82 Å². The van der Waals surface area contributed by atoms with Crippen LogP contribution < -0.4 is 14.9 Å². The lowest BCUT2D eigenvalue weighted by Gasteiger charge is -2.12. The van der Waals surface area contributed by atoms with Crippen LogP contribution in [0.25, 0.3) is 0 Å². The van der Waals surface area contributed by atoms with Crippen molar-refractivity contribution in [1.82, 2.24) is 0 Å². The second kappa shape index (κ2) is 9.90. The van der Waals surface area contributed by atoms with Gasteiger partial charge in [0.25, 0.3) is 0 Å². The first-order chi connectivity index (χ1) is 13.6. The quantitative estimate of drug-likeness (QED) is 0.343. The summed E-state index contributed by atoms with van der Waals surface area (Å²) in [6, 6.07) is 19.6. The Balaban J connectivity index is 1.66. The second-order valence-electron chi connectivity index (χ2n) is 5.93. The molecule has 6 heteroatoms. The molecule has 0 aliphatic carbocycles. The van der Waals surface area contributed by atoms with Crippen LogP contribution in [0.4, 0.5) is 10.1 Å². The average molecular weight is 443 g/mol. The van der Waals surface area contributed by atoms with Gasteiger partial charge in [0, 0.05) is 4.47 Å². The molecule has 0 bridgehead atoms. The molecule has 0 aliphatic rings. The van der Waals surface area contributed by atoms with Crippen molar-refractivity contribution in [2.24, 2.45) is 5.10 Å². The van der Waals surface area contributed by atoms with Crippen molar-refractivity contribution >= 4 is 27.8 Å². The summed E-state index contributed by atoms with van der Waals surface area (Å²) in [6.07, 6.45) is 1.67. The fraction of sp³-hybridized carbons (Fsp3) is 0.136. The number of halogens is 2. The number of hydrazone groups is 1. The van der Waals surface area contributed by atoms with E-state index in [0.717, 1.165) is 15.6 Å². The van der Waals surface area contributed by atoms with E-state index >= 15 is 0 Å². The van der Waals surface area contributed by atoms with Crippen LogP contribution >= 0.6 is 15.9 Å². The third-order valence-electron chi connectivity index (χ3n) is 3.83. The minimum atomic E-state index is -0.283. The number of ether oxygens (including phenoxy) is 2. The van der Waals surface area contributed by atoms with Crippen LogP contribution in [-0.4, -0.2) is 12.8 Å². The summed E-state index contributed by atoms with van der Waals surface area (Å²) < 4.78 is 25.6. The zero-order valence-corrected chi connectivity index (χ0v) is 16.9. The highest BCUT2D eigenvalue weighted by Crippen LogP contribution is 2.29. The normalized spacial score (nSPS) is 10.8. The Bertz CT molecular complexity index is 928. The maximum absolute atomic E-state index is 12.9. The molecule has 28 heavy (non-hydrogen) atoms. The molecule has 3 rings (SSSR count). The summed E-state index contributed by atoms with van der Waals surface area (Å²) in [5.74, 6) is 1.05. The molecule has 0 atom stereocenters. The third-order valence-corrected chi connectivity index (χ3v) is 4.36. The van der Waals surface area contributed by atoms with Gasteiger partial charge in [-0.05, 0) is 72.6 Å². The monoisotopic (exact) mass is 442 g/mol. The predicted molar refractivity (Wildman–Crippen MR) is 114 cm³/mol. The van der Waals surface area contributed by atoms with Gasteiger partial charge in [0.1, 0.15) is 12.4 Å². The molecule has 0 aromatic heterocycles. The van der Waals surface area contributed by atoms with Gasteiger partial charge in [-0.15, -0.1) is 0 Å². The number of benzene rings is 3. The second-order valence-corrected chi connectivity index (χ2v) is 6.85. The van der Waals surface area contributed by atoms with E-state index in [4.69, 9.17) is 9.47 Å². The number of hydrogen-bond donors (Lipinski definition) is 1. The number of nitrogens with one attached hydrogen (secondary N) is 1. The summed E-state index contributed by atoms with van der Waals surface area (Å²) in [4.78, 5) is 0. The first kappa shape index (κ1) is 19.9. The van der Waals surface area contributed by atoms with Crippen molar-refractivity contribution in [3.63, 3.8) is 0 Å². The Morgan fingerprint density at radius 1 is 0.964 bits per heavy atom. The van der Waals surface area contributed by atoms with E-state index < -0.39 is 0 Å². The van der Waals surface area contributed by atoms with E-state index in [9.17, 15) is 4.39 Å². The molecule has 0 amide bonds. The lowest BCUT2D eigenvalue weighted by atomic mass is 10.2. The molecular formula is C22H20BrFN2O2. The van der Waals surface area contributed by atoms with Crippen molar-refractivity contribution < 1.29 is 13.9 Å². The van der Waals surface area contributed by atoms with Crippen LogP contribution in [0.2, 0.25) is 0 Å². The fourth-order valence-corrected chi connectivity index (χ4v) is 2.70. The van der Waals surface area contributed by atoms with Crippen LogP contribution in [-0.2, 0) is 6.61 Å². The van der Waals surface area contributed by atoms with Gasteiger partial charge >= 0.3 is 0 Å². The molecule has 0 radical (unpaired) electrons. The molecule has 0 saturated carbocycles. The summed E-state index contributed by atoms with van der Waals surface area (Å²) in [6.45, 7) is 2.91. The summed E-state index contributed by atoms with van der Waals surface area (Å²) >= 11 is 3.43. The molecule has 4 nitrogen and oxygen atoms in total. The minimum Gasteiger partial charge on any atom is -0.490 e. The Hall–Kier alpha value is -2.86. The van der Waals surface area contributed by atoms with Crippen LogP contribution in [0.3, 0.4) is 0 Å². The average Bonchev–Trinajstić information content (AvgIpc) is 2.70. The lowest BCUT2D eigenvalue weighted by molar-refractivity contribution is 0.269. The molecule has 3 aromatic rings. The Kier molecular flexibility index (Phi) is 7.03. The molecular weight excluding hydrogens is 423 g/mol. The van der Waals surface area contributed by atoms with Crippen LogP contribution in [0.5, 0.6) is 11.5 Å². The molecule has 1 N–H and O–H groups in total. The van der Waals surface area contributed by atoms with Gasteiger partial charge in [0.2, 0.25) is 0 Å². The molecule has 0 heterocycles. The lowest BCUT2D eigenvalue weighted by Crippen LogP contribution is -2.00. The van der Waals surface area contributed by atoms with E-state index in [1.165, 1.54) is 12.1 Å². The highest BCUT2D eigenvalue weighted by Gasteiger charge is 2.06. The van der Waals surface area contributed by atoms with Gasteiger partial charge in [-0.1, -0.05) is 28.1 Å². The van der Waals surface area contributed by atoms with E-state index in [1.807, 2.05) is 49.4 Å². The Morgan fingerprint density at radius 2 is 1.71 bits per heavy atom. The van der Waals surface area contributed by atoms with E-state index in [1.54, 1.807) is 18.3 Å². The summed E-state index contributed by atoms with van der Waals surface area (Å²) in [7, 11) is 0. The van der Waals surface area contributed by atoms with Gasteiger partial charge < -0.3 is 9.47 Å². The van der Waals surface area contributed by atoms with E-state index in [0.29, 0.717) is 30.4 Å². The standard InChI is InChI=1S/C22H20BrFN2O2/c1-2-27-22-13-17(14-25-26-20-10-8-19(24)9-11-20)5-12-21(22)28-15-16-3-6-18(23)7-4-16/h3-14,26H,2,15H2,1H3/b25-14+. The first-order valence-electron chi connectivity index (χ1n) is 8.83. The van der Waals surface area contributed by atoms with E-state index in [-0.39, 0.29) is 5.82 Å². The van der Waals surface area contributed by atoms with Crippen molar-refractivity contribution in [1.29, 1.82) is 0 Å². The first-order valence-corrected chi connectivity index (χ1v) is 9.62. The van der Waals surface area contributed by atoms with Gasteiger partial charge in [-0.25, -0.2) is 4.39 Å². The molecule has 3 aromatic carbocycles. The molecule has 0 saturated heterocycles. The van der Waals surface area contributed by atoms with Crippen LogP contribution in [0.15, 0.2) is 76.3 Å². The zero-order chi connectivity index (χ0) is 19.8. The molecule has 0 spiro atoms. The van der Waals surface area contributed by atoms with Crippen molar-refractivity contribution in [2.45, 2.75) is 13.5 Å². The Morgan fingerprint density at radius 3 is 2.43 bits per heavy atom. The smallest absolute Gasteiger partial charge is 0.161 e. The van der Waals surface area contributed by atoms with Gasteiger partial charge in [-0.2, -0.15) is 5.10 Å². The maximum atomic E-state index is 12.9. The molecule has 0 fully saturated rings.